The third-order valence-corrected chi connectivity index (χ3v) is 5.35. The van der Waals surface area contributed by atoms with Crippen LogP contribution in [0.15, 0.2) is 41.3 Å². The molecule has 168 valence electrons. The van der Waals surface area contributed by atoms with E-state index in [1.54, 1.807) is 12.1 Å². The summed E-state index contributed by atoms with van der Waals surface area (Å²) >= 11 is 0. The third kappa shape index (κ3) is 7.80. The van der Waals surface area contributed by atoms with Gasteiger partial charge in [0.15, 0.2) is 6.29 Å². The van der Waals surface area contributed by atoms with Crippen molar-refractivity contribution in [2.24, 2.45) is 0 Å². The van der Waals surface area contributed by atoms with Crippen LogP contribution in [0.1, 0.15) is 19.4 Å². The fourth-order valence-corrected chi connectivity index (χ4v) is 3.46. The lowest BCUT2D eigenvalue weighted by atomic mass is 10.1. The first-order chi connectivity index (χ1) is 14.6. The van der Waals surface area contributed by atoms with Crippen molar-refractivity contribution in [3.05, 3.63) is 42.0 Å². The molecule has 9 nitrogen and oxygen atoms in total. The predicted molar refractivity (Wildman–Crippen MR) is 108 cm³/mol. The van der Waals surface area contributed by atoms with Crippen molar-refractivity contribution in [1.82, 2.24) is 0 Å². The average Bonchev–Trinajstić information content (AvgIpc) is 2.70. The molecule has 1 aliphatic heterocycles. The summed E-state index contributed by atoms with van der Waals surface area (Å²) in [4.78, 5) is 22.4. The maximum absolute atomic E-state index is 12.3. The molecule has 10 heteroatoms. The lowest BCUT2D eigenvalue weighted by Gasteiger charge is -2.32. The molecule has 0 saturated heterocycles. The first-order valence-corrected chi connectivity index (χ1v) is 10.7. The van der Waals surface area contributed by atoms with Crippen LogP contribution in [0.25, 0.3) is 0 Å². The highest BCUT2D eigenvalue weighted by molar-refractivity contribution is 7.86. The molecule has 2 unspecified atom stereocenters. The highest BCUT2D eigenvalue weighted by atomic mass is 32.2. The molecule has 2 rings (SSSR count). The summed E-state index contributed by atoms with van der Waals surface area (Å²) in [7, 11) is -4.02. The van der Waals surface area contributed by atoms with E-state index >= 15 is 0 Å². The standard InChI is InChI=1S/C21H24O9S/c1-5-17(12-27-31(24,25)18-8-6-14(2)7-9-18)29-21-11-10-19(28-16(4)23)20(30-21)13-26-15(3)22/h1,6-11,17,19-21H,12-13H2,2-4H3/t17?,19-,20?,21-/m0/s1. The van der Waals surface area contributed by atoms with Crippen LogP contribution in [-0.2, 0) is 42.8 Å². The van der Waals surface area contributed by atoms with Crippen molar-refractivity contribution in [2.45, 2.75) is 50.3 Å². The van der Waals surface area contributed by atoms with Crippen molar-refractivity contribution in [2.75, 3.05) is 13.2 Å². The Labute approximate surface area is 181 Å². The van der Waals surface area contributed by atoms with E-state index in [1.165, 1.54) is 38.1 Å². The predicted octanol–water partition coefficient (Wildman–Crippen LogP) is 1.49. The van der Waals surface area contributed by atoms with Crippen LogP contribution in [0.4, 0.5) is 0 Å². The van der Waals surface area contributed by atoms with E-state index in [4.69, 9.17) is 29.6 Å². The maximum atomic E-state index is 12.3. The second-order valence-electron chi connectivity index (χ2n) is 6.65. The Balaban J connectivity index is 2.00. The van der Waals surface area contributed by atoms with E-state index in [0.29, 0.717) is 0 Å². The minimum atomic E-state index is -4.02. The van der Waals surface area contributed by atoms with Crippen LogP contribution in [0, 0.1) is 19.3 Å². The van der Waals surface area contributed by atoms with Gasteiger partial charge in [0.25, 0.3) is 10.1 Å². The fourth-order valence-electron chi connectivity index (χ4n) is 2.55. The summed E-state index contributed by atoms with van der Waals surface area (Å²) < 4.78 is 50.9. The minimum absolute atomic E-state index is 0.00616. The number of carbonyl (C=O) groups is 2. The van der Waals surface area contributed by atoms with Gasteiger partial charge >= 0.3 is 11.9 Å². The topological polar surface area (TPSA) is 114 Å². The molecule has 0 saturated carbocycles. The Kier molecular flexibility index (Phi) is 8.76. The zero-order valence-electron chi connectivity index (χ0n) is 17.3. The van der Waals surface area contributed by atoms with Gasteiger partial charge in [-0.2, -0.15) is 8.42 Å². The van der Waals surface area contributed by atoms with E-state index in [0.717, 1.165) is 5.56 Å². The number of hydrogen-bond acceptors (Lipinski definition) is 9. The molecule has 1 aromatic rings. The number of ether oxygens (including phenoxy) is 4. The van der Waals surface area contributed by atoms with Gasteiger partial charge in [-0.3, -0.25) is 13.8 Å². The first-order valence-electron chi connectivity index (χ1n) is 9.33. The number of aryl methyl sites for hydroxylation is 1. The normalized spacial score (nSPS) is 21.7. The minimum Gasteiger partial charge on any atom is -0.463 e. The molecule has 0 bridgehead atoms. The van der Waals surface area contributed by atoms with Crippen LogP contribution in [0.5, 0.6) is 0 Å². The number of esters is 2. The molecular weight excluding hydrogens is 428 g/mol. The smallest absolute Gasteiger partial charge is 0.303 e. The Morgan fingerprint density at radius 3 is 2.42 bits per heavy atom. The second-order valence-corrected chi connectivity index (χ2v) is 8.26. The largest absolute Gasteiger partial charge is 0.463 e. The summed E-state index contributed by atoms with van der Waals surface area (Å²) in [5.74, 6) is 1.22. The summed E-state index contributed by atoms with van der Waals surface area (Å²) in [6, 6.07) is 6.15. The van der Waals surface area contributed by atoms with Crippen LogP contribution < -0.4 is 0 Å². The summed E-state index contributed by atoms with van der Waals surface area (Å²) in [6.07, 6.45) is 4.72. The van der Waals surface area contributed by atoms with E-state index in [2.05, 4.69) is 5.92 Å². The molecule has 0 fully saturated rings. The third-order valence-electron chi connectivity index (χ3n) is 4.05. The lowest BCUT2D eigenvalue weighted by molar-refractivity contribution is -0.205. The van der Waals surface area contributed by atoms with E-state index in [1.807, 2.05) is 6.92 Å². The number of benzene rings is 1. The average molecular weight is 452 g/mol. The summed E-state index contributed by atoms with van der Waals surface area (Å²) in [6.45, 7) is 3.67. The molecule has 31 heavy (non-hydrogen) atoms. The van der Waals surface area contributed by atoms with Crippen molar-refractivity contribution in [3.63, 3.8) is 0 Å². The highest BCUT2D eigenvalue weighted by Gasteiger charge is 2.32. The molecule has 0 spiro atoms. The Hall–Kier alpha value is -2.71. The first kappa shape index (κ1) is 24.6. The van der Waals surface area contributed by atoms with Gasteiger partial charge in [-0.1, -0.05) is 23.6 Å². The van der Waals surface area contributed by atoms with Crippen LogP contribution in [0.3, 0.4) is 0 Å². The van der Waals surface area contributed by atoms with Crippen molar-refractivity contribution in [1.29, 1.82) is 0 Å². The van der Waals surface area contributed by atoms with Gasteiger partial charge < -0.3 is 18.9 Å². The van der Waals surface area contributed by atoms with Gasteiger partial charge in [-0.25, -0.2) is 0 Å². The van der Waals surface area contributed by atoms with Crippen LogP contribution in [-0.4, -0.2) is 58.2 Å². The molecule has 0 aliphatic carbocycles. The quantitative estimate of drug-likeness (QED) is 0.238. The molecule has 0 amide bonds. The second kappa shape index (κ2) is 11.1. The van der Waals surface area contributed by atoms with Gasteiger partial charge in [0.05, 0.1) is 4.90 Å². The fraction of sp³-hybridized carbons (Fsp3) is 0.429. The molecule has 0 radical (unpaired) electrons. The van der Waals surface area contributed by atoms with E-state index < -0.39 is 53.3 Å². The van der Waals surface area contributed by atoms with E-state index in [-0.39, 0.29) is 11.5 Å². The number of carbonyl (C=O) groups excluding carboxylic acids is 2. The zero-order chi connectivity index (χ0) is 23.0. The van der Waals surface area contributed by atoms with E-state index in [9.17, 15) is 18.0 Å². The number of hydrogen-bond donors (Lipinski definition) is 0. The van der Waals surface area contributed by atoms with Gasteiger partial charge in [-0.05, 0) is 31.2 Å². The lowest BCUT2D eigenvalue weighted by Crippen LogP contribution is -2.43. The van der Waals surface area contributed by atoms with Crippen LogP contribution >= 0.6 is 0 Å². The molecular formula is C21H24O9S. The highest BCUT2D eigenvalue weighted by Crippen LogP contribution is 2.20. The van der Waals surface area contributed by atoms with Gasteiger partial charge in [0, 0.05) is 13.8 Å². The SMILES string of the molecule is C#CC(COS(=O)(=O)c1ccc(C)cc1)O[C@@H]1C=C[C@H](OC(C)=O)C(COC(C)=O)O1. The van der Waals surface area contributed by atoms with Crippen LogP contribution in [0.2, 0.25) is 0 Å². The molecule has 1 aliphatic rings. The Bertz CT molecular complexity index is 944. The van der Waals surface area contributed by atoms with Gasteiger partial charge in [0.2, 0.25) is 0 Å². The summed E-state index contributed by atoms with van der Waals surface area (Å²) in [5, 5.41) is 0. The maximum Gasteiger partial charge on any atom is 0.303 e. The van der Waals surface area contributed by atoms with Crippen molar-refractivity contribution >= 4 is 22.1 Å². The number of rotatable bonds is 9. The summed E-state index contributed by atoms with van der Waals surface area (Å²) in [5.41, 5.74) is 0.903. The zero-order valence-corrected chi connectivity index (χ0v) is 18.2. The molecule has 0 aromatic heterocycles. The van der Waals surface area contributed by atoms with Crippen molar-refractivity contribution in [3.8, 4) is 12.3 Å². The molecule has 4 atom stereocenters. The monoisotopic (exact) mass is 452 g/mol. The molecule has 1 aromatic carbocycles. The van der Waals surface area contributed by atoms with Crippen molar-refractivity contribution < 1.29 is 41.1 Å². The Morgan fingerprint density at radius 2 is 1.84 bits per heavy atom. The van der Waals surface area contributed by atoms with Gasteiger partial charge in [0.1, 0.15) is 31.5 Å². The molecule has 0 N–H and O–H groups in total. The van der Waals surface area contributed by atoms with Gasteiger partial charge in [-0.15, -0.1) is 6.42 Å². The Morgan fingerprint density at radius 1 is 1.16 bits per heavy atom. The molecule has 1 heterocycles. The number of terminal acetylenes is 1.